The van der Waals surface area contributed by atoms with Crippen LogP contribution >= 0.6 is 0 Å². The lowest BCUT2D eigenvalue weighted by Gasteiger charge is -2.11. The number of benzene rings is 1. The van der Waals surface area contributed by atoms with Gasteiger partial charge in [0.05, 0.1) is 5.69 Å². The Labute approximate surface area is 121 Å². The van der Waals surface area contributed by atoms with Crippen molar-refractivity contribution in [1.82, 2.24) is 19.8 Å². The van der Waals surface area contributed by atoms with Crippen LogP contribution in [0.1, 0.15) is 30.9 Å². The Bertz CT molecular complexity index is 678. The molecule has 0 atom stereocenters. The van der Waals surface area contributed by atoms with Gasteiger partial charge in [0.15, 0.2) is 0 Å². The van der Waals surface area contributed by atoms with Gasteiger partial charge in [-0.3, -0.25) is 0 Å². The summed E-state index contributed by atoms with van der Waals surface area (Å²) in [5.41, 5.74) is 1.35. The summed E-state index contributed by atoms with van der Waals surface area (Å²) >= 11 is 0. The number of nitrogens with zero attached hydrogens (tertiary/aromatic N) is 4. The second-order valence-corrected chi connectivity index (χ2v) is 4.95. The number of halogens is 1. The van der Waals surface area contributed by atoms with E-state index in [2.05, 4.69) is 10.4 Å². The summed E-state index contributed by atoms with van der Waals surface area (Å²) in [7, 11) is 1.51. The van der Waals surface area contributed by atoms with E-state index in [1.54, 1.807) is 6.07 Å². The van der Waals surface area contributed by atoms with Crippen LogP contribution in [-0.4, -0.2) is 31.5 Å². The standard InChI is InChI=1S/C14H19FN4O2/c1-3-5-10-9-13(19-14(21)18(2)16-17-19)11(6-4-7-20)8-12(10)15/h8-9,20H,3-7H2,1-2H3. The predicted molar refractivity (Wildman–Crippen MR) is 76.0 cm³/mol. The number of tetrazole rings is 1. The number of aromatic nitrogens is 4. The van der Waals surface area contributed by atoms with Crippen molar-refractivity contribution in [2.24, 2.45) is 7.05 Å². The molecular formula is C14H19FN4O2. The van der Waals surface area contributed by atoms with Crippen molar-refractivity contribution in [1.29, 1.82) is 0 Å². The zero-order chi connectivity index (χ0) is 15.4. The number of hydrogen-bond acceptors (Lipinski definition) is 4. The van der Waals surface area contributed by atoms with Gasteiger partial charge in [0.1, 0.15) is 5.82 Å². The number of aliphatic hydroxyl groups is 1. The maximum atomic E-state index is 14.1. The first-order chi connectivity index (χ1) is 10.1. The largest absolute Gasteiger partial charge is 0.396 e. The van der Waals surface area contributed by atoms with Crippen LogP contribution in [0.2, 0.25) is 0 Å². The lowest BCUT2D eigenvalue weighted by Crippen LogP contribution is -2.23. The van der Waals surface area contributed by atoms with Gasteiger partial charge >= 0.3 is 5.69 Å². The molecule has 0 amide bonds. The molecule has 21 heavy (non-hydrogen) atoms. The fourth-order valence-corrected chi connectivity index (χ4v) is 2.24. The highest BCUT2D eigenvalue weighted by molar-refractivity contribution is 5.44. The molecule has 1 aromatic heterocycles. The molecule has 2 rings (SSSR count). The van der Waals surface area contributed by atoms with Crippen molar-refractivity contribution in [2.45, 2.75) is 32.6 Å². The van der Waals surface area contributed by atoms with E-state index < -0.39 is 0 Å². The monoisotopic (exact) mass is 294 g/mol. The quantitative estimate of drug-likeness (QED) is 0.862. The van der Waals surface area contributed by atoms with Gasteiger partial charge in [-0.2, -0.15) is 9.36 Å². The number of aryl methyl sites for hydroxylation is 3. The maximum Gasteiger partial charge on any atom is 0.368 e. The first-order valence-electron chi connectivity index (χ1n) is 7.00. The third kappa shape index (κ3) is 3.18. The van der Waals surface area contributed by atoms with Gasteiger partial charge in [-0.05, 0) is 52.9 Å². The summed E-state index contributed by atoms with van der Waals surface area (Å²) in [4.78, 5) is 12.0. The molecule has 0 spiro atoms. The van der Waals surface area contributed by atoms with Crippen molar-refractivity contribution >= 4 is 0 Å². The summed E-state index contributed by atoms with van der Waals surface area (Å²) in [5.74, 6) is -0.287. The topological polar surface area (TPSA) is 72.9 Å². The molecule has 0 aliphatic carbocycles. The summed E-state index contributed by atoms with van der Waals surface area (Å²) in [6.45, 7) is 1.97. The molecule has 0 saturated heterocycles. The first kappa shape index (κ1) is 15.4. The van der Waals surface area contributed by atoms with E-state index in [0.717, 1.165) is 11.1 Å². The second-order valence-electron chi connectivity index (χ2n) is 4.95. The molecule has 0 fully saturated rings. The van der Waals surface area contributed by atoms with E-state index in [1.165, 1.54) is 17.8 Å². The Kier molecular flexibility index (Phi) is 4.85. The van der Waals surface area contributed by atoms with Crippen molar-refractivity contribution in [3.63, 3.8) is 0 Å². The molecule has 0 aliphatic heterocycles. The van der Waals surface area contributed by atoms with E-state index in [4.69, 9.17) is 5.11 Å². The van der Waals surface area contributed by atoms with Gasteiger partial charge in [-0.25, -0.2) is 9.18 Å². The van der Waals surface area contributed by atoms with E-state index in [0.29, 0.717) is 36.1 Å². The van der Waals surface area contributed by atoms with Crippen LogP contribution in [0.3, 0.4) is 0 Å². The molecule has 0 bridgehead atoms. The van der Waals surface area contributed by atoms with Gasteiger partial charge in [-0.15, -0.1) is 0 Å². The van der Waals surface area contributed by atoms with Crippen LogP contribution in [0.15, 0.2) is 16.9 Å². The summed E-state index contributed by atoms with van der Waals surface area (Å²) in [6, 6.07) is 3.08. The van der Waals surface area contributed by atoms with Crippen LogP contribution in [0, 0.1) is 5.82 Å². The number of rotatable bonds is 6. The van der Waals surface area contributed by atoms with Gasteiger partial charge < -0.3 is 5.11 Å². The number of aliphatic hydroxyl groups excluding tert-OH is 1. The molecular weight excluding hydrogens is 275 g/mol. The summed E-state index contributed by atoms with van der Waals surface area (Å²) < 4.78 is 16.4. The third-order valence-electron chi connectivity index (χ3n) is 3.32. The highest BCUT2D eigenvalue weighted by Crippen LogP contribution is 2.21. The van der Waals surface area contributed by atoms with Gasteiger partial charge in [0.2, 0.25) is 0 Å². The Morgan fingerprint density at radius 2 is 2.00 bits per heavy atom. The molecule has 2 aromatic rings. The van der Waals surface area contributed by atoms with E-state index >= 15 is 0 Å². The second kappa shape index (κ2) is 6.62. The number of hydrogen-bond donors (Lipinski definition) is 1. The highest BCUT2D eigenvalue weighted by Gasteiger charge is 2.15. The SMILES string of the molecule is CCCc1cc(-n2nnn(C)c2=O)c(CCCO)cc1F. The zero-order valence-corrected chi connectivity index (χ0v) is 12.2. The van der Waals surface area contributed by atoms with Crippen LogP contribution in [0.5, 0.6) is 0 Å². The van der Waals surface area contributed by atoms with Crippen molar-refractivity contribution in [3.05, 3.63) is 39.6 Å². The van der Waals surface area contributed by atoms with Crippen LogP contribution < -0.4 is 5.69 Å². The molecule has 0 saturated carbocycles. The van der Waals surface area contributed by atoms with Gasteiger partial charge in [-0.1, -0.05) is 13.3 Å². The average molecular weight is 294 g/mol. The van der Waals surface area contributed by atoms with E-state index in [-0.39, 0.29) is 18.1 Å². The fraction of sp³-hybridized carbons (Fsp3) is 0.500. The van der Waals surface area contributed by atoms with Crippen molar-refractivity contribution < 1.29 is 9.50 Å². The van der Waals surface area contributed by atoms with Crippen LogP contribution in [0.25, 0.3) is 5.69 Å². The zero-order valence-electron chi connectivity index (χ0n) is 12.2. The van der Waals surface area contributed by atoms with Crippen molar-refractivity contribution in [2.75, 3.05) is 6.61 Å². The molecule has 1 aromatic carbocycles. The molecule has 7 heteroatoms. The Morgan fingerprint density at radius 3 is 2.57 bits per heavy atom. The minimum atomic E-state index is -0.380. The van der Waals surface area contributed by atoms with Crippen LogP contribution in [-0.2, 0) is 19.9 Å². The van der Waals surface area contributed by atoms with Gasteiger partial charge in [0, 0.05) is 13.7 Å². The maximum absolute atomic E-state index is 14.1. The minimum Gasteiger partial charge on any atom is -0.396 e. The van der Waals surface area contributed by atoms with Crippen LogP contribution in [0.4, 0.5) is 4.39 Å². The van der Waals surface area contributed by atoms with Gasteiger partial charge in [0.25, 0.3) is 0 Å². The Balaban J connectivity index is 2.56. The lowest BCUT2D eigenvalue weighted by molar-refractivity contribution is 0.288. The van der Waals surface area contributed by atoms with E-state index in [1.807, 2.05) is 6.92 Å². The molecule has 114 valence electrons. The smallest absolute Gasteiger partial charge is 0.368 e. The third-order valence-corrected chi connectivity index (χ3v) is 3.32. The molecule has 0 aliphatic rings. The summed E-state index contributed by atoms with van der Waals surface area (Å²) in [6.07, 6.45) is 2.36. The summed E-state index contributed by atoms with van der Waals surface area (Å²) in [5, 5.41) is 16.5. The fourth-order valence-electron chi connectivity index (χ4n) is 2.24. The Morgan fingerprint density at radius 1 is 1.24 bits per heavy atom. The molecule has 1 heterocycles. The highest BCUT2D eigenvalue weighted by atomic mass is 19.1. The predicted octanol–water partition coefficient (Wildman–Crippen LogP) is 0.982. The normalized spacial score (nSPS) is 11.0. The molecule has 1 N–H and O–H groups in total. The lowest BCUT2D eigenvalue weighted by atomic mass is 10.0. The van der Waals surface area contributed by atoms with Crippen molar-refractivity contribution in [3.8, 4) is 5.69 Å². The minimum absolute atomic E-state index is 0.00708. The average Bonchev–Trinajstić information content (AvgIpc) is 2.79. The molecule has 0 radical (unpaired) electrons. The first-order valence-corrected chi connectivity index (χ1v) is 7.00. The van der Waals surface area contributed by atoms with E-state index in [9.17, 15) is 9.18 Å². The Hall–Kier alpha value is -2.02. The molecule has 0 unspecified atom stereocenters. The molecule has 6 nitrogen and oxygen atoms in total.